The molecule has 2 aromatic rings. The molecule has 2 rings (SSSR count). The van der Waals surface area contributed by atoms with Crippen molar-refractivity contribution in [3.63, 3.8) is 0 Å². The zero-order valence-corrected chi connectivity index (χ0v) is 11.1. The van der Waals surface area contributed by atoms with Gasteiger partial charge in [0.25, 0.3) is 0 Å². The van der Waals surface area contributed by atoms with Gasteiger partial charge < -0.3 is 4.74 Å². The summed E-state index contributed by atoms with van der Waals surface area (Å²) in [5, 5.41) is 3.01. The molecule has 0 spiro atoms. The van der Waals surface area contributed by atoms with Gasteiger partial charge in [-0.05, 0) is 6.92 Å². The Hall–Kier alpha value is -1.57. The van der Waals surface area contributed by atoms with Crippen molar-refractivity contribution < 1.29 is 4.74 Å². The van der Waals surface area contributed by atoms with Gasteiger partial charge in [0.1, 0.15) is 5.69 Å². The maximum absolute atomic E-state index is 5.59. The Balaban J connectivity index is 2.22. The standard InChI is InChI=1S/C11H15N5OS/c1-7-6-18-9(15-7)5-8(16-12)10-11(17-2)14-4-3-13-10/h3-4,6,8,16H,5,12H2,1-2H3. The van der Waals surface area contributed by atoms with Gasteiger partial charge in [0.2, 0.25) is 5.88 Å². The molecule has 0 aliphatic heterocycles. The second-order valence-corrected chi connectivity index (χ2v) is 4.70. The predicted octanol–water partition coefficient (Wildman–Crippen LogP) is 0.997. The third kappa shape index (κ3) is 2.81. The molecule has 18 heavy (non-hydrogen) atoms. The van der Waals surface area contributed by atoms with Crippen molar-refractivity contribution in [2.24, 2.45) is 5.84 Å². The number of nitrogens with zero attached hydrogens (tertiary/aromatic N) is 3. The Morgan fingerprint density at radius 2 is 2.22 bits per heavy atom. The first kappa shape index (κ1) is 12.9. The summed E-state index contributed by atoms with van der Waals surface area (Å²) in [6, 6.07) is -0.167. The smallest absolute Gasteiger partial charge is 0.237 e. The number of methoxy groups -OCH3 is 1. The fraction of sp³-hybridized carbons (Fsp3) is 0.364. The van der Waals surface area contributed by atoms with E-state index in [1.54, 1.807) is 30.8 Å². The predicted molar refractivity (Wildman–Crippen MR) is 69.2 cm³/mol. The van der Waals surface area contributed by atoms with E-state index in [1.165, 1.54) is 0 Å². The maximum Gasteiger partial charge on any atom is 0.237 e. The van der Waals surface area contributed by atoms with E-state index in [0.29, 0.717) is 18.0 Å². The van der Waals surface area contributed by atoms with Gasteiger partial charge in [0.15, 0.2) is 0 Å². The van der Waals surface area contributed by atoms with Crippen LogP contribution in [0, 0.1) is 6.92 Å². The molecule has 0 saturated carbocycles. The average molecular weight is 265 g/mol. The Bertz CT molecular complexity index is 516. The van der Waals surface area contributed by atoms with Crippen LogP contribution in [-0.2, 0) is 6.42 Å². The molecule has 3 N–H and O–H groups in total. The number of hydrogen-bond donors (Lipinski definition) is 2. The molecule has 2 aromatic heterocycles. The lowest BCUT2D eigenvalue weighted by molar-refractivity contribution is 0.377. The first-order valence-electron chi connectivity index (χ1n) is 5.46. The van der Waals surface area contributed by atoms with Crippen molar-refractivity contribution in [1.82, 2.24) is 20.4 Å². The average Bonchev–Trinajstić information content (AvgIpc) is 2.81. The van der Waals surface area contributed by atoms with Crippen LogP contribution in [0.3, 0.4) is 0 Å². The van der Waals surface area contributed by atoms with Gasteiger partial charge in [-0.15, -0.1) is 11.3 Å². The van der Waals surface area contributed by atoms with Crippen LogP contribution in [0.25, 0.3) is 0 Å². The molecule has 0 aromatic carbocycles. The molecular weight excluding hydrogens is 250 g/mol. The molecular formula is C11H15N5OS. The van der Waals surface area contributed by atoms with Crippen LogP contribution in [0.15, 0.2) is 17.8 Å². The molecule has 2 heterocycles. The summed E-state index contributed by atoms with van der Waals surface area (Å²) >= 11 is 1.61. The minimum Gasteiger partial charge on any atom is -0.480 e. The van der Waals surface area contributed by atoms with E-state index in [4.69, 9.17) is 10.6 Å². The summed E-state index contributed by atoms with van der Waals surface area (Å²) in [6.07, 6.45) is 3.86. The van der Waals surface area contributed by atoms with Crippen LogP contribution >= 0.6 is 11.3 Å². The van der Waals surface area contributed by atoms with Crippen LogP contribution in [0.4, 0.5) is 0 Å². The molecule has 0 bridgehead atoms. The molecule has 96 valence electrons. The fourth-order valence-corrected chi connectivity index (χ4v) is 2.46. The maximum atomic E-state index is 5.59. The van der Waals surface area contributed by atoms with Crippen molar-refractivity contribution in [2.45, 2.75) is 19.4 Å². The van der Waals surface area contributed by atoms with Gasteiger partial charge >= 0.3 is 0 Å². The van der Waals surface area contributed by atoms with Crippen LogP contribution in [0.5, 0.6) is 5.88 Å². The van der Waals surface area contributed by atoms with Crippen LogP contribution < -0.4 is 16.0 Å². The van der Waals surface area contributed by atoms with Gasteiger partial charge in [-0.1, -0.05) is 0 Å². The van der Waals surface area contributed by atoms with Crippen molar-refractivity contribution in [3.8, 4) is 5.88 Å². The van der Waals surface area contributed by atoms with E-state index < -0.39 is 0 Å². The van der Waals surface area contributed by atoms with Crippen molar-refractivity contribution in [2.75, 3.05) is 7.11 Å². The van der Waals surface area contributed by atoms with Gasteiger partial charge in [-0.3, -0.25) is 16.3 Å². The first-order chi connectivity index (χ1) is 8.74. The topological polar surface area (TPSA) is 86.0 Å². The first-order valence-corrected chi connectivity index (χ1v) is 6.34. The highest BCUT2D eigenvalue weighted by molar-refractivity contribution is 7.09. The SMILES string of the molecule is COc1nccnc1C(Cc1nc(C)cs1)NN. The third-order valence-electron chi connectivity index (χ3n) is 2.46. The van der Waals surface area contributed by atoms with E-state index >= 15 is 0 Å². The molecule has 0 aliphatic carbocycles. The van der Waals surface area contributed by atoms with Crippen molar-refractivity contribution in [1.29, 1.82) is 0 Å². The van der Waals surface area contributed by atoms with Crippen LogP contribution in [0.1, 0.15) is 22.4 Å². The molecule has 0 amide bonds. The number of rotatable bonds is 5. The summed E-state index contributed by atoms with van der Waals surface area (Å²) in [5.74, 6) is 6.07. The van der Waals surface area contributed by atoms with Crippen LogP contribution in [-0.4, -0.2) is 22.1 Å². The van der Waals surface area contributed by atoms with E-state index in [9.17, 15) is 0 Å². The van der Waals surface area contributed by atoms with Crippen LogP contribution in [0.2, 0.25) is 0 Å². The van der Waals surface area contributed by atoms with Crippen molar-refractivity contribution in [3.05, 3.63) is 34.2 Å². The molecule has 6 nitrogen and oxygen atoms in total. The number of hydrogen-bond acceptors (Lipinski definition) is 7. The number of nitrogens with one attached hydrogen (secondary N) is 1. The lowest BCUT2D eigenvalue weighted by Crippen LogP contribution is -2.30. The second kappa shape index (κ2) is 5.85. The van der Waals surface area contributed by atoms with Gasteiger partial charge in [-0.2, -0.15) is 0 Å². The largest absolute Gasteiger partial charge is 0.480 e. The Morgan fingerprint density at radius 3 is 2.83 bits per heavy atom. The van der Waals surface area contributed by atoms with Crippen molar-refractivity contribution >= 4 is 11.3 Å². The number of thiazole rings is 1. The lowest BCUT2D eigenvalue weighted by atomic mass is 10.1. The highest BCUT2D eigenvalue weighted by Gasteiger charge is 2.19. The number of hydrazine groups is 1. The monoisotopic (exact) mass is 265 g/mol. The molecule has 0 radical (unpaired) electrons. The van der Waals surface area contributed by atoms with E-state index in [0.717, 1.165) is 10.7 Å². The zero-order chi connectivity index (χ0) is 13.0. The fourth-order valence-electron chi connectivity index (χ4n) is 1.64. The minimum absolute atomic E-state index is 0.167. The summed E-state index contributed by atoms with van der Waals surface area (Å²) in [7, 11) is 1.56. The Morgan fingerprint density at radius 1 is 1.44 bits per heavy atom. The highest BCUT2D eigenvalue weighted by Crippen LogP contribution is 2.23. The molecule has 1 unspecified atom stereocenters. The quantitative estimate of drug-likeness (QED) is 0.619. The third-order valence-corrected chi connectivity index (χ3v) is 3.45. The normalized spacial score (nSPS) is 12.4. The number of ether oxygens (including phenoxy) is 1. The summed E-state index contributed by atoms with van der Waals surface area (Å²) in [5.41, 5.74) is 4.44. The number of aromatic nitrogens is 3. The second-order valence-electron chi connectivity index (χ2n) is 3.76. The minimum atomic E-state index is -0.167. The highest BCUT2D eigenvalue weighted by atomic mass is 32.1. The number of nitrogens with two attached hydrogens (primary N) is 1. The van der Waals surface area contributed by atoms with E-state index in [2.05, 4.69) is 20.4 Å². The summed E-state index contributed by atoms with van der Waals surface area (Å²) < 4.78 is 5.18. The van der Waals surface area contributed by atoms with E-state index in [-0.39, 0.29) is 6.04 Å². The molecule has 7 heteroatoms. The lowest BCUT2D eigenvalue weighted by Gasteiger charge is -2.15. The molecule has 0 aliphatic rings. The Kier molecular flexibility index (Phi) is 4.19. The summed E-state index contributed by atoms with van der Waals surface area (Å²) in [4.78, 5) is 12.8. The van der Waals surface area contributed by atoms with E-state index in [1.807, 2.05) is 12.3 Å². The molecule has 1 atom stereocenters. The van der Waals surface area contributed by atoms with Gasteiger partial charge in [-0.25, -0.2) is 9.97 Å². The van der Waals surface area contributed by atoms with Gasteiger partial charge in [0.05, 0.1) is 18.2 Å². The Labute approximate surface area is 109 Å². The molecule has 0 fully saturated rings. The molecule has 0 saturated heterocycles. The number of aryl methyl sites for hydroxylation is 1. The summed E-state index contributed by atoms with van der Waals surface area (Å²) in [6.45, 7) is 1.97. The van der Waals surface area contributed by atoms with Gasteiger partial charge in [0, 0.05) is 29.9 Å². The zero-order valence-electron chi connectivity index (χ0n) is 10.3.